The van der Waals surface area contributed by atoms with Crippen molar-refractivity contribution in [2.75, 3.05) is 0 Å². The Morgan fingerprint density at radius 3 is 2.53 bits per heavy atom. The molecule has 0 N–H and O–H groups in total. The lowest BCUT2D eigenvalue weighted by Crippen LogP contribution is -2.28. The highest BCUT2D eigenvalue weighted by atomic mass is 35.5. The first-order valence-electron chi connectivity index (χ1n) is 5.51. The second kappa shape index (κ2) is 4.48. The Morgan fingerprint density at radius 2 is 2.12 bits per heavy atom. The van der Waals surface area contributed by atoms with Crippen LogP contribution >= 0.6 is 11.6 Å². The Bertz CT molecular complexity index is 398. The molecule has 1 aromatic heterocycles. The van der Waals surface area contributed by atoms with E-state index in [1.165, 1.54) is 0 Å². The summed E-state index contributed by atoms with van der Waals surface area (Å²) in [7, 11) is 0. The summed E-state index contributed by atoms with van der Waals surface area (Å²) in [5.74, 6) is 0.236. The van der Waals surface area contributed by atoms with Crippen LogP contribution in [0.25, 0.3) is 0 Å². The van der Waals surface area contributed by atoms with Crippen molar-refractivity contribution in [3.63, 3.8) is 0 Å². The number of nitrogens with zero attached hydrogens (tertiary/aromatic N) is 3. The molecule has 0 aromatic carbocycles. The van der Waals surface area contributed by atoms with E-state index in [4.69, 9.17) is 11.6 Å². The van der Waals surface area contributed by atoms with E-state index in [0.29, 0.717) is 11.4 Å². The SMILES string of the molecule is CC(n1nnc(CCl)c1C1CCC1)C(F)(F)F. The molecule has 1 aliphatic rings. The number of hydrogen-bond donors (Lipinski definition) is 0. The summed E-state index contributed by atoms with van der Waals surface area (Å²) in [5, 5.41) is 7.37. The summed E-state index contributed by atoms with van der Waals surface area (Å²) in [4.78, 5) is 0. The van der Waals surface area contributed by atoms with Gasteiger partial charge in [0.15, 0.2) is 0 Å². The van der Waals surface area contributed by atoms with E-state index in [9.17, 15) is 13.2 Å². The highest BCUT2D eigenvalue weighted by molar-refractivity contribution is 6.16. The summed E-state index contributed by atoms with van der Waals surface area (Å²) in [6, 6.07) is -1.65. The van der Waals surface area contributed by atoms with Crippen LogP contribution in [-0.4, -0.2) is 21.2 Å². The van der Waals surface area contributed by atoms with E-state index in [2.05, 4.69) is 10.3 Å². The second-order valence-electron chi connectivity index (χ2n) is 4.34. The topological polar surface area (TPSA) is 30.7 Å². The van der Waals surface area contributed by atoms with Gasteiger partial charge in [0.25, 0.3) is 0 Å². The monoisotopic (exact) mass is 267 g/mol. The first-order valence-corrected chi connectivity index (χ1v) is 6.05. The van der Waals surface area contributed by atoms with Gasteiger partial charge in [0.05, 0.1) is 11.6 Å². The zero-order valence-corrected chi connectivity index (χ0v) is 10.1. The van der Waals surface area contributed by atoms with Gasteiger partial charge in [-0.15, -0.1) is 16.7 Å². The minimum absolute atomic E-state index is 0.108. The smallest absolute Gasteiger partial charge is 0.237 e. The molecular weight excluding hydrogens is 255 g/mol. The van der Waals surface area contributed by atoms with Crippen molar-refractivity contribution in [3.8, 4) is 0 Å². The Hall–Kier alpha value is -0.780. The van der Waals surface area contributed by atoms with Gasteiger partial charge in [-0.2, -0.15) is 13.2 Å². The van der Waals surface area contributed by atoms with Crippen LogP contribution in [-0.2, 0) is 5.88 Å². The maximum Gasteiger partial charge on any atom is 0.410 e. The van der Waals surface area contributed by atoms with E-state index < -0.39 is 12.2 Å². The average molecular weight is 268 g/mol. The molecule has 7 heteroatoms. The van der Waals surface area contributed by atoms with E-state index in [1.54, 1.807) is 0 Å². The Balaban J connectivity index is 2.36. The molecule has 0 amide bonds. The molecule has 1 aliphatic carbocycles. The molecule has 17 heavy (non-hydrogen) atoms. The Kier molecular flexibility index (Phi) is 3.34. The molecule has 3 nitrogen and oxygen atoms in total. The normalized spacial score (nSPS) is 19.1. The van der Waals surface area contributed by atoms with Gasteiger partial charge in [0.2, 0.25) is 0 Å². The predicted octanol–water partition coefficient (Wildman–Crippen LogP) is 3.41. The molecule has 0 aliphatic heterocycles. The molecule has 1 fully saturated rings. The molecule has 2 rings (SSSR count). The minimum Gasteiger partial charge on any atom is -0.237 e. The van der Waals surface area contributed by atoms with E-state index in [1.807, 2.05) is 0 Å². The van der Waals surface area contributed by atoms with Gasteiger partial charge < -0.3 is 0 Å². The van der Waals surface area contributed by atoms with Gasteiger partial charge in [-0.05, 0) is 19.8 Å². The highest BCUT2D eigenvalue weighted by Gasteiger charge is 2.41. The molecule has 1 saturated carbocycles. The van der Waals surface area contributed by atoms with Crippen LogP contribution in [0.4, 0.5) is 13.2 Å². The molecule has 0 bridgehead atoms. The maximum absolute atomic E-state index is 12.7. The molecular formula is C10H13ClF3N3. The zero-order valence-electron chi connectivity index (χ0n) is 9.34. The van der Waals surface area contributed by atoms with Gasteiger partial charge in [0.1, 0.15) is 11.7 Å². The third-order valence-electron chi connectivity index (χ3n) is 3.26. The number of aromatic nitrogens is 3. The van der Waals surface area contributed by atoms with Crippen LogP contribution in [0.1, 0.15) is 49.5 Å². The number of alkyl halides is 4. The predicted molar refractivity (Wildman–Crippen MR) is 56.9 cm³/mol. The number of halogens is 4. The molecule has 0 spiro atoms. The third-order valence-corrected chi connectivity index (χ3v) is 3.52. The largest absolute Gasteiger partial charge is 0.410 e. The van der Waals surface area contributed by atoms with Gasteiger partial charge in [-0.25, -0.2) is 4.68 Å². The first kappa shape index (κ1) is 12.7. The van der Waals surface area contributed by atoms with Crippen molar-refractivity contribution in [1.82, 2.24) is 15.0 Å². The summed E-state index contributed by atoms with van der Waals surface area (Å²) in [5.41, 5.74) is 1.04. The Labute approximate surface area is 102 Å². The quantitative estimate of drug-likeness (QED) is 0.786. The van der Waals surface area contributed by atoms with Crippen LogP contribution in [0.3, 0.4) is 0 Å². The minimum atomic E-state index is -4.31. The fourth-order valence-corrected chi connectivity index (χ4v) is 2.15. The zero-order chi connectivity index (χ0) is 12.6. The van der Waals surface area contributed by atoms with E-state index in [0.717, 1.165) is 30.9 Å². The third kappa shape index (κ3) is 2.27. The van der Waals surface area contributed by atoms with Crippen LogP contribution < -0.4 is 0 Å². The second-order valence-corrected chi connectivity index (χ2v) is 4.61. The van der Waals surface area contributed by atoms with Gasteiger partial charge in [-0.3, -0.25) is 0 Å². The van der Waals surface area contributed by atoms with Crippen molar-refractivity contribution >= 4 is 11.6 Å². The van der Waals surface area contributed by atoms with E-state index in [-0.39, 0.29) is 11.8 Å². The maximum atomic E-state index is 12.7. The Morgan fingerprint density at radius 1 is 1.47 bits per heavy atom. The summed E-state index contributed by atoms with van der Waals surface area (Å²) in [6.45, 7) is 1.09. The molecule has 1 atom stereocenters. The lowest BCUT2D eigenvalue weighted by Gasteiger charge is -2.28. The lowest BCUT2D eigenvalue weighted by molar-refractivity contribution is -0.166. The average Bonchev–Trinajstić information content (AvgIpc) is 2.56. The molecule has 0 saturated heterocycles. The van der Waals surface area contributed by atoms with Crippen molar-refractivity contribution in [2.45, 2.75) is 50.2 Å². The summed E-state index contributed by atoms with van der Waals surface area (Å²) < 4.78 is 39.1. The van der Waals surface area contributed by atoms with Crippen molar-refractivity contribution in [2.24, 2.45) is 0 Å². The van der Waals surface area contributed by atoms with Crippen molar-refractivity contribution in [3.05, 3.63) is 11.4 Å². The number of rotatable bonds is 3. The molecule has 96 valence electrons. The fourth-order valence-electron chi connectivity index (χ4n) is 1.96. The van der Waals surface area contributed by atoms with Gasteiger partial charge in [-0.1, -0.05) is 11.6 Å². The lowest BCUT2D eigenvalue weighted by atomic mass is 9.82. The van der Waals surface area contributed by atoms with Crippen LogP contribution in [0.5, 0.6) is 0 Å². The standard InChI is InChI=1S/C10H13ClF3N3/c1-6(10(12,13)14)17-9(7-3-2-4-7)8(5-11)15-16-17/h6-7H,2-5H2,1H3. The van der Waals surface area contributed by atoms with Crippen molar-refractivity contribution < 1.29 is 13.2 Å². The first-order chi connectivity index (χ1) is 7.95. The van der Waals surface area contributed by atoms with Crippen molar-refractivity contribution in [1.29, 1.82) is 0 Å². The van der Waals surface area contributed by atoms with E-state index >= 15 is 0 Å². The van der Waals surface area contributed by atoms with Crippen LogP contribution in [0.2, 0.25) is 0 Å². The highest BCUT2D eigenvalue weighted by Crippen LogP contribution is 2.40. The molecule has 1 heterocycles. The summed E-state index contributed by atoms with van der Waals surface area (Å²) >= 11 is 5.69. The number of hydrogen-bond acceptors (Lipinski definition) is 2. The molecule has 1 aromatic rings. The summed E-state index contributed by atoms with van der Waals surface area (Å²) in [6.07, 6.45) is -1.49. The van der Waals surface area contributed by atoms with Crippen LogP contribution in [0.15, 0.2) is 0 Å². The van der Waals surface area contributed by atoms with Gasteiger partial charge in [0, 0.05) is 5.92 Å². The van der Waals surface area contributed by atoms with Crippen LogP contribution in [0, 0.1) is 0 Å². The molecule has 0 radical (unpaired) electrons. The fraction of sp³-hybridized carbons (Fsp3) is 0.800. The molecule has 1 unspecified atom stereocenters. The van der Waals surface area contributed by atoms with Gasteiger partial charge >= 0.3 is 6.18 Å².